The third-order valence-corrected chi connectivity index (χ3v) is 3.59. The molecule has 0 saturated carbocycles. The van der Waals surface area contributed by atoms with Gasteiger partial charge in [-0.2, -0.15) is 0 Å². The summed E-state index contributed by atoms with van der Waals surface area (Å²) in [6.45, 7) is 8.89. The van der Waals surface area contributed by atoms with Gasteiger partial charge in [0, 0.05) is 31.5 Å². The Morgan fingerprint density at radius 3 is 2.39 bits per heavy atom. The van der Waals surface area contributed by atoms with Gasteiger partial charge in [0.2, 0.25) is 0 Å². The van der Waals surface area contributed by atoms with Crippen LogP contribution in [0.2, 0.25) is 0 Å². The molecular weight excluding hydrogens is 270 g/mol. The van der Waals surface area contributed by atoms with E-state index in [1.807, 2.05) is 20.1 Å². The number of ether oxygens (including phenoxy) is 1. The zero-order chi connectivity index (χ0) is 14.2. The molecule has 0 fully saturated rings. The predicted molar refractivity (Wildman–Crippen MR) is 79.7 cm³/mol. The van der Waals surface area contributed by atoms with Gasteiger partial charge < -0.3 is 8.92 Å². The number of rotatable bonds is 9. The SMILES string of the molecule is CSNC(C)(C)CCOC(C)(C)CCC(=O)OS. The van der Waals surface area contributed by atoms with Crippen LogP contribution in [0.5, 0.6) is 0 Å². The molecule has 0 aromatic heterocycles. The zero-order valence-electron chi connectivity index (χ0n) is 11.9. The van der Waals surface area contributed by atoms with E-state index in [9.17, 15) is 4.79 Å². The van der Waals surface area contributed by atoms with E-state index >= 15 is 0 Å². The molecule has 0 bridgehead atoms. The average Bonchev–Trinajstić information content (AvgIpc) is 2.25. The molecule has 0 saturated heterocycles. The van der Waals surface area contributed by atoms with Gasteiger partial charge in [-0.05, 0) is 46.8 Å². The fourth-order valence-corrected chi connectivity index (χ4v) is 2.18. The van der Waals surface area contributed by atoms with Crippen LogP contribution in [0.1, 0.15) is 47.0 Å². The number of hydrogen-bond acceptors (Lipinski definition) is 6. The molecule has 0 unspecified atom stereocenters. The molecule has 0 aliphatic carbocycles. The van der Waals surface area contributed by atoms with Crippen LogP contribution in [0.3, 0.4) is 0 Å². The molecular formula is C12H25NO3S2. The van der Waals surface area contributed by atoms with Gasteiger partial charge in [-0.1, -0.05) is 11.9 Å². The summed E-state index contributed by atoms with van der Waals surface area (Å²) in [6, 6.07) is 0. The fourth-order valence-electron chi connectivity index (χ4n) is 1.43. The smallest absolute Gasteiger partial charge is 0.317 e. The number of carbonyl (C=O) groups excluding carboxylic acids is 1. The number of hydrogen-bond donors (Lipinski definition) is 2. The fraction of sp³-hybridized carbons (Fsp3) is 0.917. The summed E-state index contributed by atoms with van der Waals surface area (Å²) in [5, 5.41) is 0. The maximum Gasteiger partial charge on any atom is 0.317 e. The normalized spacial score (nSPS) is 12.6. The van der Waals surface area contributed by atoms with Crippen molar-refractivity contribution in [3.05, 3.63) is 0 Å². The van der Waals surface area contributed by atoms with E-state index in [1.165, 1.54) is 0 Å². The van der Waals surface area contributed by atoms with Gasteiger partial charge in [-0.25, -0.2) is 0 Å². The lowest BCUT2D eigenvalue weighted by Gasteiger charge is -2.29. The first kappa shape index (κ1) is 18.1. The highest BCUT2D eigenvalue weighted by atomic mass is 32.2. The van der Waals surface area contributed by atoms with E-state index in [4.69, 9.17) is 4.74 Å². The number of nitrogens with one attached hydrogen (secondary N) is 1. The minimum Gasteiger partial charge on any atom is -0.395 e. The summed E-state index contributed by atoms with van der Waals surface area (Å²) in [5.41, 5.74) is -0.281. The molecule has 0 aromatic rings. The lowest BCUT2D eigenvalue weighted by Crippen LogP contribution is -2.37. The third-order valence-electron chi connectivity index (χ3n) is 2.63. The van der Waals surface area contributed by atoms with Crippen molar-refractivity contribution in [2.45, 2.75) is 58.1 Å². The first-order valence-corrected chi connectivity index (χ1v) is 7.60. The van der Waals surface area contributed by atoms with Crippen molar-refractivity contribution >= 4 is 30.8 Å². The Hall–Kier alpha value is 0.0900. The van der Waals surface area contributed by atoms with Gasteiger partial charge >= 0.3 is 5.97 Å². The number of thiol groups is 1. The minimum atomic E-state index is -0.322. The molecule has 0 atom stereocenters. The molecule has 0 spiro atoms. The van der Waals surface area contributed by atoms with Gasteiger partial charge in [0.15, 0.2) is 0 Å². The topological polar surface area (TPSA) is 47.6 Å². The zero-order valence-corrected chi connectivity index (χ0v) is 13.6. The lowest BCUT2D eigenvalue weighted by atomic mass is 10.0. The molecule has 0 aliphatic rings. The molecule has 0 heterocycles. The third kappa shape index (κ3) is 9.08. The molecule has 0 aromatic carbocycles. The van der Waals surface area contributed by atoms with Crippen LogP contribution in [-0.4, -0.2) is 30.0 Å². The summed E-state index contributed by atoms with van der Waals surface area (Å²) in [4.78, 5) is 11.0. The first-order valence-electron chi connectivity index (χ1n) is 6.01. The molecule has 18 heavy (non-hydrogen) atoms. The Morgan fingerprint density at radius 2 is 1.89 bits per heavy atom. The van der Waals surface area contributed by atoms with Crippen molar-refractivity contribution < 1.29 is 13.7 Å². The second-order valence-corrected chi connectivity index (χ2v) is 6.31. The van der Waals surface area contributed by atoms with Crippen LogP contribution in [0.4, 0.5) is 0 Å². The van der Waals surface area contributed by atoms with Crippen molar-refractivity contribution in [3.8, 4) is 0 Å². The average molecular weight is 295 g/mol. The van der Waals surface area contributed by atoms with Crippen molar-refractivity contribution in [2.75, 3.05) is 12.9 Å². The molecule has 108 valence electrons. The Labute approximate surface area is 120 Å². The van der Waals surface area contributed by atoms with Crippen molar-refractivity contribution in [3.63, 3.8) is 0 Å². The summed E-state index contributed by atoms with van der Waals surface area (Å²) >= 11 is 5.08. The van der Waals surface area contributed by atoms with Gasteiger partial charge in [0.1, 0.15) is 0 Å². The molecule has 0 radical (unpaired) electrons. The van der Waals surface area contributed by atoms with Crippen LogP contribution < -0.4 is 4.72 Å². The molecule has 4 nitrogen and oxygen atoms in total. The molecule has 6 heteroatoms. The first-order chi connectivity index (χ1) is 8.22. The quantitative estimate of drug-likeness (QED) is 0.389. The largest absolute Gasteiger partial charge is 0.395 e. The van der Waals surface area contributed by atoms with Crippen molar-refractivity contribution in [2.24, 2.45) is 0 Å². The molecule has 0 rings (SSSR count). The maximum atomic E-state index is 11.0. The summed E-state index contributed by atoms with van der Waals surface area (Å²) < 4.78 is 13.5. The van der Waals surface area contributed by atoms with E-state index in [0.717, 1.165) is 6.42 Å². The Kier molecular flexibility index (Phi) is 8.34. The van der Waals surface area contributed by atoms with Gasteiger partial charge in [-0.3, -0.25) is 9.52 Å². The van der Waals surface area contributed by atoms with Crippen molar-refractivity contribution in [1.29, 1.82) is 0 Å². The van der Waals surface area contributed by atoms with Crippen molar-refractivity contribution in [1.82, 2.24) is 4.72 Å². The Morgan fingerprint density at radius 1 is 1.28 bits per heavy atom. The maximum absolute atomic E-state index is 11.0. The van der Waals surface area contributed by atoms with E-state index in [2.05, 4.69) is 35.7 Å². The Balaban J connectivity index is 3.92. The van der Waals surface area contributed by atoms with Gasteiger partial charge in [-0.15, -0.1) is 0 Å². The second kappa shape index (κ2) is 8.30. The van der Waals surface area contributed by atoms with Gasteiger partial charge in [0.05, 0.1) is 5.60 Å². The molecule has 1 N–H and O–H groups in total. The highest BCUT2D eigenvalue weighted by Crippen LogP contribution is 2.20. The van der Waals surface area contributed by atoms with E-state index in [-0.39, 0.29) is 17.1 Å². The van der Waals surface area contributed by atoms with Crippen LogP contribution in [0.15, 0.2) is 0 Å². The predicted octanol–water partition coefficient (Wildman–Crippen LogP) is 2.99. The monoisotopic (exact) mass is 295 g/mol. The second-order valence-electron chi connectivity index (χ2n) is 5.51. The minimum absolute atomic E-state index is 0.0412. The summed E-state index contributed by atoms with van der Waals surface area (Å²) in [6.07, 6.45) is 3.87. The molecule has 0 amide bonds. The van der Waals surface area contributed by atoms with E-state index in [0.29, 0.717) is 19.4 Å². The van der Waals surface area contributed by atoms with E-state index < -0.39 is 0 Å². The van der Waals surface area contributed by atoms with Crippen LogP contribution >= 0.6 is 24.9 Å². The Bertz CT molecular complexity index is 258. The van der Waals surface area contributed by atoms with E-state index in [1.54, 1.807) is 11.9 Å². The summed E-state index contributed by atoms with van der Waals surface area (Å²) in [7, 11) is 0. The highest BCUT2D eigenvalue weighted by molar-refractivity contribution is 7.96. The lowest BCUT2D eigenvalue weighted by molar-refractivity contribution is -0.134. The standard InChI is InChI=1S/C12H25NO3S2/c1-11(2,13-18-5)8-9-15-12(3,4)7-6-10(14)16-17/h13,17H,6-9H2,1-5H3. The number of carbonyl (C=O) groups is 1. The van der Waals surface area contributed by atoms with Crippen LogP contribution in [-0.2, 0) is 13.7 Å². The van der Waals surface area contributed by atoms with Gasteiger partial charge in [0.25, 0.3) is 0 Å². The van der Waals surface area contributed by atoms with Crippen LogP contribution in [0, 0.1) is 0 Å². The van der Waals surface area contributed by atoms with Crippen LogP contribution in [0.25, 0.3) is 0 Å². The molecule has 0 aliphatic heterocycles. The summed E-state index contributed by atoms with van der Waals surface area (Å²) in [5.74, 6) is -0.320. The highest BCUT2D eigenvalue weighted by Gasteiger charge is 2.22.